The van der Waals surface area contributed by atoms with Crippen molar-refractivity contribution in [2.45, 2.75) is 128 Å². The molecule has 0 radical (unpaired) electrons. The van der Waals surface area contributed by atoms with E-state index in [0.29, 0.717) is 10.6 Å². The van der Waals surface area contributed by atoms with Crippen LogP contribution in [0.3, 0.4) is 0 Å². The Morgan fingerprint density at radius 2 is 1.41 bits per heavy atom. The van der Waals surface area contributed by atoms with Crippen LogP contribution in [0.25, 0.3) is 0 Å². The monoisotopic (exact) mass is 412 g/mol. The zero-order valence-electron chi connectivity index (χ0n) is 19.9. The molecule has 0 saturated carbocycles. The lowest BCUT2D eigenvalue weighted by molar-refractivity contribution is 0.154. The molecule has 0 aliphatic heterocycles. The van der Waals surface area contributed by atoms with Crippen molar-refractivity contribution in [1.82, 2.24) is 0 Å². The van der Waals surface area contributed by atoms with E-state index >= 15 is 0 Å². The van der Waals surface area contributed by atoms with Gasteiger partial charge >= 0.3 is 0 Å². The van der Waals surface area contributed by atoms with Crippen LogP contribution in [-0.2, 0) is 4.43 Å². The van der Waals surface area contributed by atoms with Crippen LogP contribution in [0.4, 0.5) is 0 Å². The summed E-state index contributed by atoms with van der Waals surface area (Å²) in [5.41, 5.74) is 0.524. The smallest absolute Gasteiger partial charge is 0.191 e. The molecule has 0 heterocycles. The Morgan fingerprint density at radius 1 is 0.889 bits per heavy atom. The van der Waals surface area contributed by atoms with Crippen LogP contribution in [-0.4, -0.2) is 34.2 Å². The van der Waals surface area contributed by atoms with Crippen LogP contribution in [0.2, 0.25) is 43.3 Å². The van der Waals surface area contributed by atoms with Crippen molar-refractivity contribution in [2.75, 3.05) is 6.61 Å². The summed E-state index contributed by atoms with van der Waals surface area (Å²) in [5.74, 6) is 6.67. The van der Waals surface area contributed by atoms with E-state index in [-0.39, 0.29) is 6.10 Å². The molecule has 0 rings (SSSR count). The lowest BCUT2D eigenvalue weighted by Crippen LogP contribution is -2.40. The standard InChI is InChI=1S/C23H48O2Si2/c1-10-21(24)22(26(5,6)7)19-17-15-13-11-12-14-16-18-20-25-27(8,9)23(2,3)4/h21-22,24H,10,13-20H2,1-9H3/t21-,22-/m1/s1. The summed E-state index contributed by atoms with van der Waals surface area (Å²) in [6.45, 7) is 21.6. The highest BCUT2D eigenvalue weighted by Crippen LogP contribution is 2.36. The molecule has 27 heavy (non-hydrogen) atoms. The molecule has 0 aromatic heterocycles. The maximum atomic E-state index is 10.3. The van der Waals surface area contributed by atoms with Crippen LogP contribution < -0.4 is 0 Å². The lowest BCUT2D eigenvalue weighted by atomic mass is 10.1. The number of aliphatic hydroxyl groups excluding tert-OH is 1. The molecule has 1 N–H and O–H groups in total. The molecule has 0 aromatic rings. The first kappa shape index (κ1) is 26.9. The Morgan fingerprint density at radius 3 is 1.85 bits per heavy atom. The zero-order valence-corrected chi connectivity index (χ0v) is 21.9. The predicted octanol–water partition coefficient (Wildman–Crippen LogP) is 7.22. The largest absolute Gasteiger partial charge is 0.417 e. The Balaban J connectivity index is 3.87. The summed E-state index contributed by atoms with van der Waals surface area (Å²) in [7, 11) is -2.87. The van der Waals surface area contributed by atoms with Crippen molar-refractivity contribution < 1.29 is 9.53 Å². The molecule has 0 amide bonds. The van der Waals surface area contributed by atoms with Crippen LogP contribution in [0.5, 0.6) is 0 Å². The summed E-state index contributed by atoms with van der Waals surface area (Å²) in [6, 6.07) is 0. The normalized spacial score (nSPS) is 15.2. The number of aliphatic hydroxyl groups is 1. The molecular formula is C23H48O2Si2. The first-order valence-electron chi connectivity index (χ1n) is 11.1. The molecule has 0 aliphatic rings. The van der Waals surface area contributed by atoms with Gasteiger partial charge in [0.2, 0.25) is 0 Å². The van der Waals surface area contributed by atoms with Crippen molar-refractivity contribution in [2.24, 2.45) is 0 Å². The van der Waals surface area contributed by atoms with Gasteiger partial charge in [0.1, 0.15) is 0 Å². The van der Waals surface area contributed by atoms with Gasteiger partial charge in [-0.1, -0.05) is 60.2 Å². The minimum atomic E-state index is -1.58. The molecule has 2 nitrogen and oxygen atoms in total. The first-order valence-corrected chi connectivity index (χ1v) is 17.6. The fourth-order valence-electron chi connectivity index (χ4n) is 3.10. The molecule has 0 unspecified atom stereocenters. The van der Waals surface area contributed by atoms with E-state index < -0.39 is 16.4 Å². The van der Waals surface area contributed by atoms with E-state index in [9.17, 15) is 5.11 Å². The third kappa shape index (κ3) is 11.5. The molecule has 160 valence electrons. The number of hydrogen-bond donors (Lipinski definition) is 1. The van der Waals surface area contributed by atoms with Crippen molar-refractivity contribution in [3.05, 3.63) is 0 Å². The van der Waals surface area contributed by atoms with Crippen molar-refractivity contribution in [3.63, 3.8) is 0 Å². The SMILES string of the molecule is CC[C@@H](O)[C@@H](CCCCC#CCCCCO[Si](C)(C)C(C)(C)C)[Si](C)(C)C. The second-order valence-corrected chi connectivity index (χ2v) is 20.9. The number of rotatable bonds is 12. The summed E-state index contributed by atoms with van der Waals surface area (Å²) in [4.78, 5) is 0. The third-order valence-electron chi connectivity index (χ3n) is 6.15. The van der Waals surface area contributed by atoms with Crippen LogP contribution in [0.15, 0.2) is 0 Å². The fourth-order valence-corrected chi connectivity index (χ4v) is 6.65. The molecule has 0 saturated heterocycles. The highest BCUT2D eigenvalue weighted by Gasteiger charge is 2.36. The maximum absolute atomic E-state index is 10.3. The predicted molar refractivity (Wildman–Crippen MR) is 127 cm³/mol. The van der Waals surface area contributed by atoms with E-state index in [4.69, 9.17) is 4.43 Å². The summed E-state index contributed by atoms with van der Waals surface area (Å²) >= 11 is 0. The minimum Gasteiger partial charge on any atom is -0.417 e. The number of hydrogen-bond acceptors (Lipinski definition) is 2. The van der Waals surface area contributed by atoms with Gasteiger partial charge in [-0.05, 0) is 49.4 Å². The van der Waals surface area contributed by atoms with Gasteiger partial charge in [-0.15, -0.1) is 11.8 Å². The Bertz CT molecular complexity index is 450. The van der Waals surface area contributed by atoms with E-state index in [2.05, 4.69) is 72.3 Å². The molecular weight excluding hydrogens is 364 g/mol. The van der Waals surface area contributed by atoms with Gasteiger partial charge in [0.05, 0.1) is 14.2 Å². The highest BCUT2D eigenvalue weighted by atomic mass is 28.4. The minimum absolute atomic E-state index is 0.115. The summed E-state index contributed by atoms with van der Waals surface area (Å²) in [6.07, 6.45) is 8.55. The van der Waals surface area contributed by atoms with Crippen molar-refractivity contribution in [3.8, 4) is 11.8 Å². The van der Waals surface area contributed by atoms with Crippen molar-refractivity contribution >= 4 is 16.4 Å². The van der Waals surface area contributed by atoms with Gasteiger partial charge in [0.15, 0.2) is 8.32 Å². The van der Waals surface area contributed by atoms with Gasteiger partial charge in [-0.25, -0.2) is 0 Å². The van der Waals surface area contributed by atoms with E-state index in [1.54, 1.807) is 0 Å². The quantitative estimate of drug-likeness (QED) is 0.208. The van der Waals surface area contributed by atoms with Crippen molar-refractivity contribution in [1.29, 1.82) is 0 Å². The number of unbranched alkanes of at least 4 members (excludes halogenated alkanes) is 4. The lowest BCUT2D eigenvalue weighted by Gasteiger charge is -2.36. The zero-order chi connectivity index (χ0) is 21.1. The van der Waals surface area contributed by atoms with Gasteiger partial charge < -0.3 is 9.53 Å². The van der Waals surface area contributed by atoms with E-state index in [0.717, 1.165) is 45.1 Å². The molecule has 0 aromatic carbocycles. The average Bonchev–Trinajstić information content (AvgIpc) is 2.53. The topological polar surface area (TPSA) is 29.5 Å². The van der Waals surface area contributed by atoms with E-state index in [1.165, 1.54) is 12.8 Å². The third-order valence-corrected chi connectivity index (χ3v) is 13.6. The van der Waals surface area contributed by atoms with E-state index in [1.807, 2.05) is 0 Å². The Hall–Kier alpha value is -0.0862. The summed E-state index contributed by atoms with van der Waals surface area (Å²) < 4.78 is 6.21. The van der Waals surface area contributed by atoms with Gasteiger partial charge in [-0.2, -0.15) is 0 Å². The van der Waals surface area contributed by atoms with Gasteiger partial charge in [0, 0.05) is 19.4 Å². The fraction of sp³-hybridized carbons (Fsp3) is 0.913. The van der Waals surface area contributed by atoms with Crippen LogP contribution in [0.1, 0.15) is 79.1 Å². The highest BCUT2D eigenvalue weighted by molar-refractivity contribution is 6.77. The maximum Gasteiger partial charge on any atom is 0.191 e. The molecule has 0 spiro atoms. The van der Waals surface area contributed by atoms with Crippen LogP contribution in [0, 0.1) is 11.8 Å². The Labute approximate surface area is 173 Å². The molecule has 2 atom stereocenters. The van der Waals surface area contributed by atoms with Crippen LogP contribution >= 0.6 is 0 Å². The average molecular weight is 413 g/mol. The second-order valence-electron chi connectivity index (χ2n) is 10.6. The molecule has 0 fully saturated rings. The Kier molecular flexibility index (Phi) is 12.4. The van der Waals surface area contributed by atoms with Gasteiger partial charge in [0.25, 0.3) is 0 Å². The molecule has 4 heteroatoms. The molecule has 0 bridgehead atoms. The van der Waals surface area contributed by atoms with Gasteiger partial charge in [-0.3, -0.25) is 0 Å². The first-order chi connectivity index (χ1) is 12.3. The molecule has 0 aliphatic carbocycles. The second kappa shape index (κ2) is 12.5. The summed E-state index contributed by atoms with van der Waals surface area (Å²) in [5, 5.41) is 10.6.